The summed E-state index contributed by atoms with van der Waals surface area (Å²) in [5.74, 6) is 1.83. The molecule has 0 atom stereocenters. The lowest BCUT2D eigenvalue weighted by Crippen LogP contribution is -2.02. The lowest BCUT2D eigenvalue weighted by atomic mass is 10.1. The normalized spacial score (nSPS) is 13.1. The Hall–Kier alpha value is -2.72. The van der Waals surface area contributed by atoms with E-state index < -0.39 is 0 Å². The number of nitrogens with one attached hydrogen (secondary N) is 1. The molecule has 0 saturated carbocycles. The molecule has 0 aliphatic heterocycles. The van der Waals surface area contributed by atoms with Gasteiger partial charge in [-0.2, -0.15) is 0 Å². The van der Waals surface area contributed by atoms with Gasteiger partial charge in [-0.05, 0) is 49.4 Å². The van der Waals surface area contributed by atoms with Crippen LogP contribution >= 0.6 is 11.3 Å². The Balaban J connectivity index is 1.60. The zero-order valence-corrected chi connectivity index (χ0v) is 16.1. The number of aryl methyl sites for hydroxylation is 3. The van der Waals surface area contributed by atoms with Crippen LogP contribution in [0.15, 0.2) is 54.6 Å². The number of hydrogen-bond acceptors (Lipinski definition) is 4. The SMILES string of the molecule is Cc1ccc(Nc2nc(Cc3ccccc3)nc3sc4c(c23)CCC4)cc1. The number of fused-ring (bicyclic) bond motifs is 3. The van der Waals surface area contributed by atoms with Crippen molar-refractivity contribution in [3.05, 3.63) is 82.0 Å². The molecular formula is C23H21N3S. The molecule has 2 aromatic carbocycles. The Morgan fingerprint density at radius 2 is 1.78 bits per heavy atom. The number of hydrogen-bond donors (Lipinski definition) is 1. The second-order valence-corrected chi connectivity index (χ2v) is 8.26. The van der Waals surface area contributed by atoms with E-state index in [9.17, 15) is 0 Å². The highest BCUT2D eigenvalue weighted by atomic mass is 32.1. The molecule has 0 radical (unpaired) electrons. The first kappa shape index (κ1) is 16.5. The predicted molar refractivity (Wildman–Crippen MR) is 113 cm³/mol. The van der Waals surface area contributed by atoms with Gasteiger partial charge in [-0.15, -0.1) is 11.3 Å². The van der Waals surface area contributed by atoms with E-state index in [1.54, 1.807) is 0 Å². The fraction of sp³-hybridized carbons (Fsp3) is 0.217. The van der Waals surface area contributed by atoms with Crippen LogP contribution in [0.1, 0.15) is 33.8 Å². The van der Waals surface area contributed by atoms with E-state index in [0.29, 0.717) is 0 Å². The fourth-order valence-corrected chi connectivity index (χ4v) is 5.04. The summed E-state index contributed by atoms with van der Waals surface area (Å²) in [4.78, 5) is 12.5. The third-order valence-electron chi connectivity index (χ3n) is 5.13. The van der Waals surface area contributed by atoms with Crippen LogP contribution in [-0.4, -0.2) is 9.97 Å². The highest BCUT2D eigenvalue weighted by Gasteiger charge is 2.22. The van der Waals surface area contributed by atoms with Gasteiger partial charge in [0.2, 0.25) is 0 Å². The summed E-state index contributed by atoms with van der Waals surface area (Å²) >= 11 is 1.85. The van der Waals surface area contributed by atoms with E-state index in [1.165, 1.54) is 39.8 Å². The third kappa shape index (κ3) is 3.21. The maximum absolute atomic E-state index is 4.95. The van der Waals surface area contributed by atoms with Gasteiger partial charge in [-0.3, -0.25) is 0 Å². The van der Waals surface area contributed by atoms with Crippen molar-refractivity contribution in [3.63, 3.8) is 0 Å². The first-order valence-electron chi connectivity index (χ1n) is 9.45. The van der Waals surface area contributed by atoms with Crippen LogP contribution in [0.4, 0.5) is 11.5 Å². The van der Waals surface area contributed by atoms with Crippen molar-refractivity contribution in [2.75, 3.05) is 5.32 Å². The average molecular weight is 372 g/mol. The minimum absolute atomic E-state index is 0.752. The number of nitrogens with zero attached hydrogens (tertiary/aromatic N) is 2. The number of thiophene rings is 1. The molecule has 27 heavy (non-hydrogen) atoms. The molecule has 1 aliphatic carbocycles. The number of aromatic nitrogens is 2. The van der Waals surface area contributed by atoms with Crippen molar-refractivity contribution in [2.24, 2.45) is 0 Å². The van der Waals surface area contributed by atoms with E-state index in [2.05, 4.69) is 60.8 Å². The fourth-order valence-electron chi connectivity index (χ4n) is 3.76. The molecule has 2 aromatic heterocycles. The zero-order chi connectivity index (χ0) is 18.2. The molecule has 0 bridgehead atoms. The van der Waals surface area contributed by atoms with Crippen LogP contribution in [0.25, 0.3) is 10.2 Å². The molecule has 0 saturated heterocycles. The Morgan fingerprint density at radius 1 is 0.963 bits per heavy atom. The van der Waals surface area contributed by atoms with Crippen LogP contribution in [0.5, 0.6) is 0 Å². The van der Waals surface area contributed by atoms with Gasteiger partial charge in [-0.1, -0.05) is 48.0 Å². The van der Waals surface area contributed by atoms with Crippen LogP contribution in [0, 0.1) is 6.92 Å². The Morgan fingerprint density at radius 3 is 2.59 bits per heavy atom. The number of benzene rings is 2. The van der Waals surface area contributed by atoms with Crippen molar-refractivity contribution in [2.45, 2.75) is 32.6 Å². The second kappa shape index (κ2) is 6.78. The molecule has 134 valence electrons. The molecule has 1 N–H and O–H groups in total. The maximum atomic E-state index is 4.95. The highest BCUT2D eigenvalue weighted by Crippen LogP contribution is 2.40. The van der Waals surface area contributed by atoms with E-state index in [-0.39, 0.29) is 0 Å². The molecule has 0 unspecified atom stereocenters. The van der Waals surface area contributed by atoms with Crippen molar-refractivity contribution in [3.8, 4) is 0 Å². The number of rotatable bonds is 4. The third-order valence-corrected chi connectivity index (χ3v) is 6.32. The molecule has 1 aliphatic rings. The van der Waals surface area contributed by atoms with Gasteiger partial charge < -0.3 is 5.32 Å². The molecule has 0 amide bonds. The van der Waals surface area contributed by atoms with Gasteiger partial charge in [0, 0.05) is 17.0 Å². The topological polar surface area (TPSA) is 37.8 Å². The molecule has 4 aromatic rings. The molecule has 2 heterocycles. The van der Waals surface area contributed by atoms with E-state index >= 15 is 0 Å². The molecule has 0 spiro atoms. The molecular weight excluding hydrogens is 350 g/mol. The lowest BCUT2D eigenvalue weighted by molar-refractivity contribution is 0.916. The van der Waals surface area contributed by atoms with Crippen molar-refractivity contribution >= 4 is 33.1 Å². The standard InChI is InChI=1S/C23H21N3S/c1-15-10-12-17(13-11-15)24-22-21-18-8-5-9-19(18)27-23(21)26-20(25-22)14-16-6-3-2-4-7-16/h2-4,6-7,10-13H,5,8-9,14H2,1H3,(H,24,25,26). The summed E-state index contributed by atoms with van der Waals surface area (Å²) in [6, 6.07) is 18.9. The predicted octanol–water partition coefficient (Wildman–Crippen LogP) is 5.82. The summed E-state index contributed by atoms with van der Waals surface area (Å²) < 4.78 is 0. The van der Waals surface area contributed by atoms with Crippen molar-refractivity contribution < 1.29 is 0 Å². The Bertz CT molecular complexity index is 1100. The van der Waals surface area contributed by atoms with Gasteiger partial charge in [-0.25, -0.2) is 9.97 Å². The minimum Gasteiger partial charge on any atom is -0.340 e. The Kier molecular flexibility index (Phi) is 4.13. The second-order valence-electron chi connectivity index (χ2n) is 7.18. The monoisotopic (exact) mass is 371 g/mol. The summed E-state index contributed by atoms with van der Waals surface area (Å²) in [6.07, 6.45) is 4.31. The molecule has 0 fully saturated rings. The van der Waals surface area contributed by atoms with Gasteiger partial charge in [0.25, 0.3) is 0 Å². The van der Waals surface area contributed by atoms with Crippen LogP contribution in [-0.2, 0) is 19.3 Å². The zero-order valence-electron chi connectivity index (χ0n) is 15.3. The van der Waals surface area contributed by atoms with Gasteiger partial charge >= 0.3 is 0 Å². The maximum Gasteiger partial charge on any atom is 0.143 e. The summed E-state index contributed by atoms with van der Waals surface area (Å²) in [7, 11) is 0. The number of anilines is 2. The lowest BCUT2D eigenvalue weighted by Gasteiger charge is -2.11. The van der Waals surface area contributed by atoms with Crippen LogP contribution < -0.4 is 5.32 Å². The quantitative estimate of drug-likeness (QED) is 0.491. The summed E-state index contributed by atoms with van der Waals surface area (Å²) in [5, 5.41) is 4.80. The summed E-state index contributed by atoms with van der Waals surface area (Å²) in [6.45, 7) is 2.11. The first-order valence-corrected chi connectivity index (χ1v) is 10.3. The van der Waals surface area contributed by atoms with Crippen LogP contribution in [0.3, 0.4) is 0 Å². The first-order chi connectivity index (χ1) is 13.3. The Labute approximate surface area is 163 Å². The van der Waals surface area contributed by atoms with E-state index in [4.69, 9.17) is 9.97 Å². The largest absolute Gasteiger partial charge is 0.340 e. The van der Waals surface area contributed by atoms with E-state index in [0.717, 1.165) is 35.0 Å². The van der Waals surface area contributed by atoms with Crippen molar-refractivity contribution in [1.82, 2.24) is 9.97 Å². The molecule has 4 heteroatoms. The van der Waals surface area contributed by atoms with Gasteiger partial charge in [0.05, 0.1) is 5.39 Å². The van der Waals surface area contributed by atoms with Gasteiger partial charge in [0.15, 0.2) is 0 Å². The average Bonchev–Trinajstić information content (AvgIpc) is 3.25. The highest BCUT2D eigenvalue weighted by molar-refractivity contribution is 7.19. The van der Waals surface area contributed by atoms with Crippen LogP contribution in [0.2, 0.25) is 0 Å². The smallest absolute Gasteiger partial charge is 0.143 e. The molecule has 3 nitrogen and oxygen atoms in total. The minimum atomic E-state index is 0.752. The van der Waals surface area contributed by atoms with Gasteiger partial charge in [0.1, 0.15) is 16.5 Å². The summed E-state index contributed by atoms with van der Waals surface area (Å²) in [5.41, 5.74) is 5.02. The molecule has 5 rings (SSSR count). The van der Waals surface area contributed by atoms with E-state index in [1.807, 2.05) is 17.4 Å². The van der Waals surface area contributed by atoms with Crippen molar-refractivity contribution in [1.29, 1.82) is 0 Å².